The van der Waals surface area contributed by atoms with Crippen molar-refractivity contribution in [2.45, 2.75) is 39.2 Å². The smallest absolute Gasteiger partial charge is 0.270 e. The number of nitrogens with two attached hydrogens (primary N) is 1. The molecule has 0 spiro atoms. The van der Waals surface area contributed by atoms with Crippen molar-refractivity contribution in [2.24, 2.45) is 11.8 Å². The Morgan fingerprint density at radius 1 is 1.33 bits per heavy atom. The predicted octanol–water partition coefficient (Wildman–Crippen LogP) is 2.22. The lowest BCUT2D eigenvalue weighted by Gasteiger charge is -2.32. The zero-order chi connectivity index (χ0) is 13.1. The molecule has 1 aromatic heterocycles. The number of carbonyl (C=O) groups is 1. The zero-order valence-corrected chi connectivity index (χ0v) is 11.0. The fraction of sp³-hybridized carbons (Fsp3) is 0.571. The summed E-state index contributed by atoms with van der Waals surface area (Å²) in [6, 6.07) is 3.65. The van der Waals surface area contributed by atoms with E-state index in [4.69, 9.17) is 5.73 Å². The number of nitrogen functional groups attached to an aromatic ring is 1. The number of hydrogen-bond donors (Lipinski definition) is 2. The van der Waals surface area contributed by atoms with Crippen LogP contribution in [0.3, 0.4) is 0 Å². The molecule has 3 N–H and O–H groups in total. The molecule has 4 nitrogen and oxygen atoms in total. The summed E-state index contributed by atoms with van der Waals surface area (Å²) in [6.07, 6.45) is 4.82. The van der Waals surface area contributed by atoms with Gasteiger partial charge in [-0.05, 0) is 43.2 Å². The van der Waals surface area contributed by atoms with Crippen molar-refractivity contribution in [2.75, 3.05) is 5.73 Å². The highest BCUT2D eigenvalue weighted by Gasteiger charge is 2.25. The molecule has 1 aromatic rings. The summed E-state index contributed by atoms with van der Waals surface area (Å²) in [6.45, 7) is 4.54. The molecule has 4 heteroatoms. The molecule has 3 atom stereocenters. The van der Waals surface area contributed by atoms with Gasteiger partial charge in [-0.2, -0.15) is 0 Å². The van der Waals surface area contributed by atoms with Gasteiger partial charge in [-0.15, -0.1) is 0 Å². The molecule has 98 valence electrons. The Morgan fingerprint density at radius 3 is 2.72 bits per heavy atom. The second-order valence-corrected chi connectivity index (χ2v) is 5.41. The third-order valence-electron chi connectivity index (χ3n) is 3.95. The SMILES string of the molecule is CC1CCC(NC(=O)c2ccc(N)cn2)CC1C. The topological polar surface area (TPSA) is 68.0 Å². The Labute approximate surface area is 108 Å². The normalized spacial score (nSPS) is 27.8. The number of aromatic nitrogens is 1. The van der Waals surface area contributed by atoms with Crippen LogP contribution in [0.2, 0.25) is 0 Å². The lowest BCUT2D eigenvalue weighted by atomic mass is 9.79. The molecule has 2 rings (SSSR count). The summed E-state index contributed by atoms with van der Waals surface area (Å²) >= 11 is 0. The first-order valence-electron chi connectivity index (χ1n) is 6.58. The number of carbonyl (C=O) groups excluding carboxylic acids is 1. The van der Waals surface area contributed by atoms with Gasteiger partial charge >= 0.3 is 0 Å². The molecular weight excluding hydrogens is 226 g/mol. The Morgan fingerprint density at radius 2 is 2.11 bits per heavy atom. The second-order valence-electron chi connectivity index (χ2n) is 5.41. The van der Waals surface area contributed by atoms with Gasteiger partial charge in [-0.3, -0.25) is 4.79 Å². The Bertz CT molecular complexity index is 416. The van der Waals surface area contributed by atoms with Crippen molar-refractivity contribution >= 4 is 11.6 Å². The van der Waals surface area contributed by atoms with Crippen LogP contribution in [-0.4, -0.2) is 16.9 Å². The first-order chi connectivity index (χ1) is 8.56. The number of pyridine rings is 1. The van der Waals surface area contributed by atoms with Gasteiger partial charge in [0.15, 0.2) is 0 Å². The van der Waals surface area contributed by atoms with Gasteiger partial charge in [0, 0.05) is 6.04 Å². The molecule has 1 amide bonds. The van der Waals surface area contributed by atoms with E-state index in [1.54, 1.807) is 12.1 Å². The van der Waals surface area contributed by atoms with E-state index in [-0.39, 0.29) is 11.9 Å². The van der Waals surface area contributed by atoms with Gasteiger partial charge < -0.3 is 11.1 Å². The van der Waals surface area contributed by atoms with Gasteiger partial charge in [0.1, 0.15) is 5.69 Å². The molecule has 0 aromatic carbocycles. The van der Waals surface area contributed by atoms with Crippen LogP contribution < -0.4 is 11.1 Å². The molecule has 0 radical (unpaired) electrons. The molecule has 1 fully saturated rings. The van der Waals surface area contributed by atoms with Crippen molar-refractivity contribution in [1.29, 1.82) is 0 Å². The molecule has 1 aliphatic rings. The van der Waals surface area contributed by atoms with E-state index in [0.29, 0.717) is 17.3 Å². The molecule has 18 heavy (non-hydrogen) atoms. The molecule has 3 unspecified atom stereocenters. The highest BCUT2D eigenvalue weighted by Crippen LogP contribution is 2.29. The van der Waals surface area contributed by atoms with Crippen LogP contribution in [-0.2, 0) is 0 Å². The standard InChI is InChI=1S/C14H21N3O/c1-9-3-5-12(7-10(9)2)17-14(18)13-6-4-11(15)8-16-13/h4,6,8-10,12H,3,5,7,15H2,1-2H3,(H,17,18). The lowest BCUT2D eigenvalue weighted by Crippen LogP contribution is -2.40. The predicted molar refractivity (Wildman–Crippen MR) is 72.1 cm³/mol. The van der Waals surface area contributed by atoms with E-state index in [2.05, 4.69) is 24.1 Å². The van der Waals surface area contributed by atoms with E-state index >= 15 is 0 Å². The van der Waals surface area contributed by atoms with Crippen LogP contribution in [0, 0.1) is 11.8 Å². The van der Waals surface area contributed by atoms with Gasteiger partial charge in [-0.25, -0.2) is 4.98 Å². The number of nitrogens with zero attached hydrogens (tertiary/aromatic N) is 1. The highest BCUT2D eigenvalue weighted by atomic mass is 16.1. The van der Waals surface area contributed by atoms with Crippen LogP contribution in [0.15, 0.2) is 18.3 Å². The third-order valence-corrected chi connectivity index (χ3v) is 3.95. The largest absolute Gasteiger partial charge is 0.397 e. The van der Waals surface area contributed by atoms with Crippen LogP contribution in [0.1, 0.15) is 43.6 Å². The van der Waals surface area contributed by atoms with Gasteiger partial charge in [0.25, 0.3) is 5.91 Å². The van der Waals surface area contributed by atoms with E-state index < -0.39 is 0 Å². The number of amides is 1. The zero-order valence-electron chi connectivity index (χ0n) is 11.0. The minimum atomic E-state index is -0.0956. The first kappa shape index (κ1) is 12.9. The fourth-order valence-electron chi connectivity index (χ4n) is 2.48. The summed E-state index contributed by atoms with van der Waals surface area (Å²) in [7, 11) is 0. The number of nitrogens with one attached hydrogen (secondary N) is 1. The quantitative estimate of drug-likeness (QED) is 0.842. The third kappa shape index (κ3) is 3.00. The van der Waals surface area contributed by atoms with Gasteiger partial charge in [-0.1, -0.05) is 13.8 Å². The molecule has 0 bridgehead atoms. The van der Waals surface area contributed by atoms with Crippen molar-refractivity contribution in [3.63, 3.8) is 0 Å². The average Bonchev–Trinajstić information content (AvgIpc) is 2.34. The average molecular weight is 247 g/mol. The van der Waals surface area contributed by atoms with Crippen LogP contribution in [0.25, 0.3) is 0 Å². The van der Waals surface area contributed by atoms with E-state index in [9.17, 15) is 4.79 Å². The van der Waals surface area contributed by atoms with Gasteiger partial charge in [0.05, 0.1) is 11.9 Å². The Hall–Kier alpha value is -1.58. The minimum absolute atomic E-state index is 0.0956. The highest BCUT2D eigenvalue weighted by molar-refractivity contribution is 5.92. The minimum Gasteiger partial charge on any atom is -0.397 e. The summed E-state index contributed by atoms with van der Waals surface area (Å²) in [4.78, 5) is 16.0. The molecule has 1 saturated carbocycles. The van der Waals surface area contributed by atoms with E-state index in [1.165, 1.54) is 12.6 Å². The Kier molecular flexibility index (Phi) is 3.84. The van der Waals surface area contributed by atoms with Crippen LogP contribution >= 0.6 is 0 Å². The van der Waals surface area contributed by atoms with Crippen LogP contribution in [0.4, 0.5) is 5.69 Å². The molecule has 0 saturated heterocycles. The van der Waals surface area contributed by atoms with Crippen molar-refractivity contribution in [1.82, 2.24) is 10.3 Å². The van der Waals surface area contributed by atoms with Crippen LogP contribution in [0.5, 0.6) is 0 Å². The lowest BCUT2D eigenvalue weighted by molar-refractivity contribution is 0.0905. The van der Waals surface area contributed by atoms with Crippen molar-refractivity contribution in [3.05, 3.63) is 24.0 Å². The number of rotatable bonds is 2. The van der Waals surface area contributed by atoms with Crippen molar-refractivity contribution < 1.29 is 4.79 Å². The fourth-order valence-corrected chi connectivity index (χ4v) is 2.48. The maximum atomic E-state index is 12.0. The number of hydrogen-bond acceptors (Lipinski definition) is 3. The molecule has 1 heterocycles. The summed E-state index contributed by atoms with van der Waals surface area (Å²) < 4.78 is 0. The first-order valence-corrected chi connectivity index (χ1v) is 6.58. The molecule has 0 aliphatic heterocycles. The monoisotopic (exact) mass is 247 g/mol. The van der Waals surface area contributed by atoms with E-state index in [1.807, 2.05) is 0 Å². The van der Waals surface area contributed by atoms with Crippen molar-refractivity contribution in [3.8, 4) is 0 Å². The molecular formula is C14H21N3O. The summed E-state index contributed by atoms with van der Waals surface area (Å²) in [5.41, 5.74) is 6.57. The molecule has 1 aliphatic carbocycles. The van der Waals surface area contributed by atoms with Gasteiger partial charge in [0.2, 0.25) is 0 Å². The second kappa shape index (κ2) is 5.38. The summed E-state index contributed by atoms with van der Waals surface area (Å²) in [5, 5.41) is 3.06. The Balaban J connectivity index is 1.93. The summed E-state index contributed by atoms with van der Waals surface area (Å²) in [5.74, 6) is 1.33. The maximum Gasteiger partial charge on any atom is 0.270 e. The maximum absolute atomic E-state index is 12.0. The number of anilines is 1. The van der Waals surface area contributed by atoms with E-state index in [0.717, 1.165) is 18.8 Å².